The number of aromatic nitrogens is 1. The minimum atomic E-state index is -0.771. The molecular formula is C29H23N3O6S2. The molecule has 0 radical (unpaired) electrons. The predicted octanol–water partition coefficient (Wildman–Crippen LogP) is 4.06. The van der Waals surface area contributed by atoms with E-state index in [1.807, 2.05) is 30.3 Å². The molecule has 3 heterocycles. The highest BCUT2D eigenvalue weighted by Gasteiger charge is 2.56. The SMILES string of the molecule is COc1ccc(N2C(=O)[C@H]3[C@H](c4ccccc4)c4sc(=O)n(CC(=O)Nc5ccc(O)cc5)c4S[C@H]3C2=O)cc1. The average Bonchev–Trinajstić information content (AvgIpc) is 3.41. The molecule has 1 aromatic heterocycles. The minimum absolute atomic E-state index is 0.0680. The van der Waals surface area contributed by atoms with E-state index in [0.717, 1.165) is 16.9 Å². The van der Waals surface area contributed by atoms with E-state index in [-0.39, 0.29) is 29.0 Å². The van der Waals surface area contributed by atoms with Crippen LogP contribution in [0.2, 0.25) is 0 Å². The molecule has 3 atom stereocenters. The Hall–Kier alpha value is -4.35. The van der Waals surface area contributed by atoms with Crippen molar-refractivity contribution in [3.05, 3.63) is 99.0 Å². The minimum Gasteiger partial charge on any atom is -0.508 e. The van der Waals surface area contributed by atoms with Crippen LogP contribution in [0.25, 0.3) is 0 Å². The van der Waals surface area contributed by atoms with E-state index < -0.39 is 23.0 Å². The standard InChI is InChI=1S/C29H23N3O6S2/c1-38-20-13-9-18(10-14-20)32-26(35)23-22(16-5-3-2-4-6-16)25-28(39-24(23)27(32)36)31(29(37)40-25)15-21(34)30-17-7-11-19(33)12-8-17/h2-14,22-24,33H,15H2,1H3,(H,30,34)/t22-,23-,24+/m0/s1. The number of rotatable bonds is 6. The molecular weight excluding hydrogens is 550 g/mol. The molecule has 40 heavy (non-hydrogen) atoms. The van der Waals surface area contributed by atoms with Crippen molar-refractivity contribution in [1.29, 1.82) is 0 Å². The number of imide groups is 1. The highest BCUT2D eigenvalue weighted by molar-refractivity contribution is 8.00. The van der Waals surface area contributed by atoms with E-state index in [4.69, 9.17) is 4.74 Å². The average molecular weight is 574 g/mol. The zero-order valence-corrected chi connectivity index (χ0v) is 22.8. The molecule has 0 saturated carbocycles. The number of nitrogens with zero attached hydrogens (tertiary/aromatic N) is 2. The van der Waals surface area contributed by atoms with Crippen LogP contribution in [0.15, 0.2) is 88.7 Å². The second kappa shape index (κ2) is 10.3. The first-order chi connectivity index (χ1) is 19.4. The molecule has 0 unspecified atom stereocenters. The van der Waals surface area contributed by atoms with Gasteiger partial charge in [-0.05, 0) is 54.1 Å². The topological polar surface area (TPSA) is 118 Å². The van der Waals surface area contributed by atoms with Crippen molar-refractivity contribution in [2.45, 2.75) is 22.7 Å². The Morgan fingerprint density at radius 2 is 1.65 bits per heavy atom. The summed E-state index contributed by atoms with van der Waals surface area (Å²) in [6, 6.07) is 22.1. The Bertz CT molecular complexity index is 1660. The maximum Gasteiger partial charge on any atom is 0.308 e. The number of hydrogen-bond acceptors (Lipinski definition) is 8. The van der Waals surface area contributed by atoms with Gasteiger partial charge in [-0.2, -0.15) is 0 Å². The van der Waals surface area contributed by atoms with E-state index in [1.54, 1.807) is 43.5 Å². The maximum atomic E-state index is 13.9. The third kappa shape index (κ3) is 4.46. The molecule has 0 aliphatic carbocycles. The molecule has 0 bridgehead atoms. The number of phenolic OH excluding ortho intramolecular Hbond substituents is 1. The van der Waals surface area contributed by atoms with Crippen LogP contribution in [0.3, 0.4) is 0 Å². The van der Waals surface area contributed by atoms with Crippen LogP contribution < -0.4 is 19.8 Å². The molecule has 3 amide bonds. The van der Waals surface area contributed by atoms with Gasteiger partial charge in [-0.1, -0.05) is 53.4 Å². The van der Waals surface area contributed by atoms with Crippen LogP contribution in [0.5, 0.6) is 11.5 Å². The van der Waals surface area contributed by atoms with Crippen LogP contribution in [-0.2, 0) is 20.9 Å². The highest BCUT2D eigenvalue weighted by Crippen LogP contribution is 2.53. The van der Waals surface area contributed by atoms with Crippen molar-refractivity contribution in [3.8, 4) is 11.5 Å². The van der Waals surface area contributed by atoms with Gasteiger partial charge in [0.2, 0.25) is 17.7 Å². The van der Waals surface area contributed by atoms with Gasteiger partial charge in [0.1, 0.15) is 23.3 Å². The number of fused-ring (bicyclic) bond motifs is 2. The Morgan fingerprint density at radius 3 is 2.33 bits per heavy atom. The first-order valence-electron chi connectivity index (χ1n) is 12.4. The first-order valence-corrected chi connectivity index (χ1v) is 14.1. The smallest absolute Gasteiger partial charge is 0.308 e. The summed E-state index contributed by atoms with van der Waals surface area (Å²) >= 11 is 2.16. The quantitative estimate of drug-likeness (QED) is 0.264. The Kier molecular flexibility index (Phi) is 6.68. The third-order valence-corrected chi connectivity index (χ3v) is 9.60. The molecule has 3 aromatic carbocycles. The van der Waals surface area contributed by atoms with E-state index >= 15 is 0 Å². The summed E-state index contributed by atoms with van der Waals surface area (Å²) in [5, 5.41) is 12.0. The number of thioether (sulfide) groups is 1. The largest absolute Gasteiger partial charge is 0.508 e. The van der Waals surface area contributed by atoms with Gasteiger partial charge < -0.3 is 15.2 Å². The number of phenols is 1. The predicted molar refractivity (Wildman–Crippen MR) is 152 cm³/mol. The van der Waals surface area contributed by atoms with Crippen molar-refractivity contribution in [2.75, 3.05) is 17.3 Å². The van der Waals surface area contributed by atoms with E-state index in [1.165, 1.54) is 33.4 Å². The molecule has 2 aliphatic rings. The lowest BCUT2D eigenvalue weighted by atomic mass is 9.83. The number of benzene rings is 3. The number of aromatic hydroxyl groups is 1. The van der Waals surface area contributed by atoms with Crippen molar-refractivity contribution >= 4 is 52.2 Å². The number of ether oxygens (including phenoxy) is 1. The van der Waals surface area contributed by atoms with Gasteiger partial charge in [-0.25, -0.2) is 4.90 Å². The zero-order chi connectivity index (χ0) is 28.0. The van der Waals surface area contributed by atoms with Crippen molar-refractivity contribution in [3.63, 3.8) is 0 Å². The number of carbonyl (C=O) groups is 3. The van der Waals surface area contributed by atoms with Crippen LogP contribution in [-0.4, -0.2) is 39.8 Å². The Morgan fingerprint density at radius 1 is 0.950 bits per heavy atom. The summed E-state index contributed by atoms with van der Waals surface area (Å²) in [4.78, 5) is 55.3. The van der Waals surface area contributed by atoms with Crippen LogP contribution >= 0.6 is 23.1 Å². The first kappa shape index (κ1) is 25.9. The summed E-state index contributed by atoms with van der Waals surface area (Å²) in [5.74, 6) is -1.69. The summed E-state index contributed by atoms with van der Waals surface area (Å²) in [7, 11) is 1.54. The molecule has 6 rings (SSSR count). The fourth-order valence-electron chi connectivity index (χ4n) is 5.15. The Balaban J connectivity index is 1.38. The van der Waals surface area contributed by atoms with Crippen LogP contribution in [0.4, 0.5) is 11.4 Å². The van der Waals surface area contributed by atoms with Crippen LogP contribution in [0.1, 0.15) is 16.4 Å². The number of thiazole rings is 1. The summed E-state index contributed by atoms with van der Waals surface area (Å²) in [6.45, 7) is -0.262. The van der Waals surface area contributed by atoms with Gasteiger partial charge in [0.05, 0.1) is 23.7 Å². The summed E-state index contributed by atoms with van der Waals surface area (Å²) < 4.78 is 6.59. The highest BCUT2D eigenvalue weighted by atomic mass is 32.2. The van der Waals surface area contributed by atoms with Crippen LogP contribution in [0, 0.1) is 5.92 Å². The number of carbonyl (C=O) groups excluding carboxylic acids is 3. The molecule has 9 nitrogen and oxygen atoms in total. The molecule has 2 N–H and O–H groups in total. The lowest BCUT2D eigenvalue weighted by molar-refractivity contribution is -0.122. The van der Waals surface area contributed by atoms with Gasteiger partial charge in [0.15, 0.2) is 0 Å². The van der Waals surface area contributed by atoms with Gasteiger partial charge >= 0.3 is 4.87 Å². The Labute approximate surface area is 237 Å². The molecule has 11 heteroatoms. The van der Waals surface area contributed by atoms with E-state index in [0.29, 0.717) is 27.0 Å². The third-order valence-electron chi connectivity index (χ3n) is 6.99. The fraction of sp³-hybridized carbons (Fsp3) is 0.172. The number of anilines is 2. The number of methoxy groups -OCH3 is 1. The van der Waals surface area contributed by atoms with Crippen molar-refractivity contribution in [1.82, 2.24) is 4.57 Å². The van der Waals surface area contributed by atoms with Gasteiger partial charge in [-0.15, -0.1) is 0 Å². The number of hydrogen-bond donors (Lipinski definition) is 2. The fourth-order valence-corrected chi connectivity index (χ4v) is 7.92. The summed E-state index contributed by atoms with van der Waals surface area (Å²) in [6.07, 6.45) is 0. The maximum absolute atomic E-state index is 13.9. The number of amides is 3. The molecule has 2 aliphatic heterocycles. The second-order valence-electron chi connectivity index (χ2n) is 9.38. The zero-order valence-electron chi connectivity index (χ0n) is 21.1. The second-order valence-corrected chi connectivity index (χ2v) is 11.5. The molecule has 4 aromatic rings. The lowest BCUT2D eigenvalue weighted by Crippen LogP contribution is -2.33. The lowest BCUT2D eigenvalue weighted by Gasteiger charge is -2.30. The van der Waals surface area contributed by atoms with Gasteiger partial charge in [0.25, 0.3) is 0 Å². The normalized spacial score (nSPS) is 19.7. The molecule has 0 spiro atoms. The molecule has 1 fully saturated rings. The summed E-state index contributed by atoms with van der Waals surface area (Å²) in [5.41, 5.74) is 1.74. The molecule has 202 valence electrons. The van der Waals surface area contributed by atoms with Crippen molar-refractivity contribution in [2.24, 2.45) is 5.92 Å². The van der Waals surface area contributed by atoms with Gasteiger partial charge in [0, 0.05) is 16.5 Å². The van der Waals surface area contributed by atoms with Gasteiger partial charge in [-0.3, -0.25) is 23.7 Å². The monoisotopic (exact) mass is 573 g/mol. The van der Waals surface area contributed by atoms with E-state index in [9.17, 15) is 24.3 Å². The van der Waals surface area contributed by atoms with E-state index in [2.05, 4.69) is 5.32 Å². The molecule has 1 saturated heterocycles. The number of nitrogens with one attached hydrogen (secondary N) is 1. The van der Waals surface area contributed by atoms with Crippen molar-refractivity contribution < 1.29 is 24.2 Å².